The van der Waals surface area contributed by atoms with Crippen LogP contribution in [0.5, 0.6) is 0 Å². The predicted octanol–water partition coefficient (Wildman–Crippen LogP) is 3.65. The number of carbonyl (C=O) groups is 1. The molecule has 1 heterocycles. The molecule has 0 saturated heterocycles. The molecule has 0 aliphatic rings. The second-order valence-electron chi connectivity index (χ2n) is 4.93. The Morgan fingerprint density at radius 2 is 1.79 bits per heavy atom. The lowest BCUT2D eigenvalue weighted by molar-refractivity contribution is 0.0967. The fourth-order valence-electron chi connectivity index (χ4n) is 2.07. The summed E-state index contributed by atoms with van der Waals surface area (Å²) in [5.41, 5.74) is 4.83. The van der Waals surface area contributed by atoms with Crippen LogP contribution in [0.15, 0.2) is 18.3 Å². The van der Waals surface area contributed by atoms with E-state index in [0.29, 0.717) is 5.02 Å². The number of halogens is 1. The fraction of sp³-hybridized carbons (Fsp3) is 0.333. The van der Waals surface area contributed by atoms with Gasteiger partial charge in [-0.25, -0.2) is 0 Å². The van der Waals surface area contributed by atoms with Crippen LogP contribution < -0.4 is 0 Å². The van der Waals surface area contributed by atoms with Crippen LogP contribution >= 0.6 is 11.6 Å². The van der Waals surface area contributed by atoms with Crippen molar-refractivity contribution in [2.75, 3.05) is 0 Å². The van der Waals surface area contributed by atoms with Crippen molar-refractivity contribution in [3.8, 4) is 0 Å². The van der Waals surface area contributed by atoms with Crippen molar-refractivity contribution >= 4 is 17.4 Å². The molecule has 0 amide bonds. The molecule has 0 aliphatic heterocycles. The molecule has 100 valence electrons. The Bertz CT molecular complexity index is 624. The van der Waals surface area contributed by atoms with Gasteiger partial charge in [-0.2, -0.15) is 5.10 Å². The van der Waals surface area contributed by atoms with E-state index in [4.69, 9.17) is 11.6 Å². The first-order valence-corrected chi connectivity index (χ1v) is 6.57. The Labute approximate surface area is 118 Å². The molecule has 0 unspecified atom stereocenters. The Hall–Kier alpha value is -1.61. The van der Waals surface area contributed by atoms with Gasteiger partial charge in [0.05, 0.1) is 10.7 Å². The average Bonchev–Trinajstić information content (AvgIpc) is 2.62. The standard InChI is InChI=1S/C15H17ClN2O/c1-9-5-11(3)13(6-10(9)2)15(19)8-18-7-14(16)12(4)17-18/h5-7H,8H2,1-4H3. The summed E-state index contributed by atoms with van der Waals surface area (Å²) in [6.45, 7) is 8.07. The van der Waals surface area contributed by atoms with Gasteiger partial charge in [-0.15, -0.1) is 0 Å². The molecule has 0 N–H and O–H groups in total. The predicted molar refractivity (Wildman–Crippen MR) is 77.0 cm³/mol. The summed E-state index contributed by atoms with van der Waals surface area (Å²) in [7, 11) is 0. The maximum absolute atomic E-state index is 12.3. The zero-order chi connectivity index (χ0) is 14.2. The van der Waals surface area contributed by atoms with Gasteiger partial charge in [0.2, 0.25) is 0 Å². The van der Waals surface area contributed by atoms with E-state index in [1.165, 1.54) is 5.56 Å². The Morgan fingerprint density at radius 1 is 1.16 bits per heavy atom. The maximum Gasteiger partial charge on any atom is 0.184 e. The summed E-state index contributed by atoms with van der Waals surface area (Å²) in [6.07, 6.45) is 1.69. The van der Waals surface area contributed by atoms with Gasteiger partial charge in [0.25, 0.3) is 0 Å². The normalized spacial score (nSPS) is 10.8. The van der Waals surface area contributed by atoms with E-state index < -0.39 is 0 Å². The third-order valence-electron chi connectivity index (χ3n) is 3.33. The number of benzene rings is 1. The van der Waals surface area contributed by atoms with Crippen LogP contribution in [0, 0.1) is 27.7 Å². The van der Waals surface area contributed by atoms with Crippen molar-refractivity contribution in [2.45, 2.75) is 34.2 Å². The zero-order valence-corrected chi connectivity index (χ0v) is 12.4. The molecule has 0 fully saturated rings. The first kappa shape index (κ1) is 13.8. The van der Waals surface area contributed by atoms with Crippen LogP contribution in [-0.4, -0.2) is 15.6 Å². The van der Waals surface area contributed by atoms with Crippen LogP contribution in [0.4, 0.5) is 0 Å². The highest BCUT2D eigenvalue weighted by Crippen LogP contribution is 2.17. The summed E-state index contributed by atoms with van der Waals surface area (Å²) in [5.74, 6) is 0.0553. The van der Waals surface area contributed by atoms with Crippen molar-refractivity contribution in [3.63, 3.8) is 0 Å². The molecule has 0 bridgehead atoms. The summed E-state index contributed by atoms with van der Waals surface area (Å²) in [5, 5.41) is 4.80. The number of Topliss-reactive ketones (excluding diaryl/α,β-unsaturated/α-hetero) is 1. The van der Waals surface area contributed by atoms with Crippen molar-refractivity contribution in [3.05, 3.63) is 51.3 Å². The highest BCUT2D eigenvalue weighted by molar-refractivity contribution is 6.31. The second-order valence-corrected chi connectivity index (χ2v) is 5.34. The lowest BCUT2D eigenvalue weighted by Crippen LogP contribution is -2.12. The SMILES string of the molecule is Cc1cc(C)c(C(=O)Cn2cc(Cl)c(C)n2)cc1C. The molecule has 0 spiro atoms. The minimum Gasteiger partial charge on any atom is -0.292 e. The molecule has 0 atom stereocenters. The highest BCUT2D eigenvalue weighted by atomic mass is 35.5. The average molecular weight is 277 g/mol. The zero-order valence-electron chi connectivity index (χ0n) is 11.6. The van der Waals surface area contributed by atoms with Gasteiger partial charge in [-0.05, 0) is 50.5 Å². The number of rotatable bonds is 3. The van der Waals surface area contributed by atoms with E-state index >= 15 is 0 Å². The molecule has 0 radical (unpaired) electrons. The van der Waals surface area contributed by atoms with Gasteiger partial charge in [-0.1, -0.05) is 17.7 Å². The number of hydrogen-bond donors (Lipinski definition) is 0. The minimum atomic E-state index is 0.0553. The lowest BCUT2D eigenvalue weighted by Gasteiger charge is -2.09. The number of aromatic nitrogens is 2. The van der Waals surface area contributed by atoms with Gasteiger partial charge in [0.15, 0.2) is 5.78 Å². The number of ketones is 1. The Balaban J connectivity index is 2.27. The second kappa shape index (κ2) is 5.17. The van der Waals surface area contributed by atoms with Crippen LogP contribution in [0.1, 0.15) is 32.7 Å². The molecule has 2 aromatic rings. The van der Waals surface area contributed by atoms with Crippen LogP contribution in [-0.2, 0) is 6.54 Å². The monoisotopic (exact) mass is 276 g/mol. The van der Waals surface area contributed by atoms with E-state index in [1.54, 1.807) is 10.9 Å². The van der Waals surface area contributed by atoms with E-state index in [2.05, 4.69) is 5.10 Å². The molecule has 19 heavy (non-hydrogen) atoms. The van der Waals surface area contributed by atoms with Gasteiger partial charge < -0.3 is 0 Å². The van der Waals surface area contributed by atoms with Crippen LogP contribution in [0.25, 0.3) is 0 Å². The van der Waals surface area contributed by atoms with Crippen molar-refractivity contribution in [2.24, 2.45) is 0 Å². The molecule has 0 aliphatic carbocycles. The molecular weight excluding hydrogens is 260 g/mol. The third-order valence-corrected chi connectivity index (χ3v) is 3.70. The molecule has 1 aromatic heterocycles. The van der Waals surface area contributed by atoms with Crippen molar-refractivity contribution in [1.29, 1.82) is 0 Å². The molecule has 0 saturated carbocycles. The molecule has 2 rings (SSSR count). The van der Waals surface area contributed by atoms with E-state index in [0.717, 1.165) is 22.4 Å². The van der Waals surface area contributed by atoms with Crippen LogP contribution in [0.3, 0.4) is 0 Å². The topological polar surface area (TPSA) is 34.9 Å². The molecule has 1 aromatic carbocycles. The van der Waals surface area contributed by atoms with Crippen molar-refractivity contribution < 1.29 is 4.79 Å². The van der Waals surface area contributed by atoms with Gasteiger partial charge in [-0.3, -0.25) is 9.48 Å². The smallest absolute Gasteiger partial charge is 0.184 e. The van der Waals surface area contributed by atoms with Crippen LogP contribution in [0.2, 0.25) is 5.02 Å². The highest BCUT2D eigenvalue weighted by Gasteiger charge is 2.13. The molecule has 4 heteroatoms. The number of aryl methyl sites for hydroxylation is 4. The van der Waals surface area contributed by atoms with E-state index in [-0.39, 0.29) is 12.3 Å². The summed E-state index contributed by atoms with van der Waals surface area (Å²) < 4.78 is 1.59. The molecule has 3 nitrogen and oxygen atoms in total. The number of nitrogens with zero attached hydrogens (tertiary/aromatic N) is 2. The minimum absolute atomic E-state index is 0.0553. The number of hydrogen-bond acceptors (Lipinski definition) is 2. The summed E-state index contributed by atoms with van der Waals surface area (Å²) in [6, 6.07) is 3.99. The first-order chi connectivity index (χ1) is 8.88. The van der Waals surface area contributed by atoms with Gasteiger partial charge in [0, 0.05) is 11.8 Å². The maximum atomic E-state index is 12.3. The largest absolute Gasteiger partial charge is 0.292 e. The van der Waals surface area contributed by atoms with E-state index in [1.807, 2.05) is 39.8 Å². The number of carbonyl (C=O) groups excluding carboxylic acids is 1. The Kier molecular flexibility index (Phi) is 3.76. The fourth-order valence-corrected chi connectivity index (χ4v) is 2.22. The van der Waals surface area contributed by atoms with Gasteiger partial charge >= 0.3 is 0 Å². The quantitative estimate of drug-likeness (QED) is 0.802. The third kappa shape index (κ3) is 2.87. The summed E-state index contributed by atoms with van der Waals surface area (Å²) >= 11 is 5.94. The molecular formula is C15H17ClN2O. The first-order valence-electron chi connectivity index (χ1n) is 6.19. The van der Waals surface area contributed by atoms with E-state index in [9.17, 15) is 4.79 Å². The lowest BCUT2D eigenvalue weighted by atomic mass is 9.98. The summed E-state index contributed by atoms with van der Waals surface area (Å²) in [4.78, 5) is 12.3. The van der Waals surface area contributed by atoms with Gasteiger partial charge in [0.1, 0.15) is 6.54 Å². The van der Waals surface area contributed by atoms with Crippen molar-refractivity contribution in [1.82, 2.24) is 9.78 Å². The Morgan fingerprint density at radius 3 is 2.37 bits per heavy atom.